The lowest BCUT2D eigenvalue weighted by molar-refractivity contribution is -0.140. The molecule has 0 saturated heterocycles. The van der Waals surface area contributed by atoms with E-state index in [1.807, 2.05) is 54.4 Å². The Labute approximate surface area is 282 Å². The molecular weight excluding hydrogens is 632 g/mol. The Kier molecular flexibility index (Phi) is 11.2. The van der Waals surface area contributed by atoms with E-state index in [4.69, 9.17) is 9.84 Å². The number of carboxylic acids is 2. The predicted molar refractivity (Wildman–Crippen MR) is 183 cm³/mol. The average Bonchev–Trinajstić information content (AvgIpc) is 3.54. The van der Waals surface area contributed by atoms with Gasteiger partial charge in [0.15, 0.2) is 0 Å². The number of nitrogens with one attached hydrogen (secondary N) is 1. The van der Waals surface area contributed by atoms with Crippen molar-refractivity contribution in [2.45, 2.75) is 57.0 Å². The van der Waals surface area contributed by atoms with Crippen molar-refractivity contribution < 1.29 is 34.1 Å². The molecule has 3 aromatic carbocycles. The van der Waals surface area contributed by atoms with Crippen LogP contribution in [-0.4, -0.2) is 68.7 Å². The van der Waals surface area contributed by atoms with Crippen LogP contribution in [0.15, 0.2) is 78.0 Å². The molecule has 1 aliphatic rings. The summed E-state index contributed by atoms with van der Waals surface area (Å²) in [4.78, 5) is 51.4. The first-order valence-electron chi connectivity index (χ1n) is 15.7. The standard InChI is InChI=1S/C36H38N4O7S/c1-23-7-3-12-31(24(23)2)47-17-6-13-32(41)40-16-18-48-34-28(10-5-11-30(34)40)27-20-37-39(22-27)21-25-8-4-9-26(19-25)35(44)38-29(36(45)46)14-15-33(42)43/h3-5,7-12,19-20,22,29H,6,13-18,21H2,1-2H3,(H,38,44)(H,42,43)(H,45,46)/t29-/m0/s1. The van der Waals surface area contributed by atoms with Crippen molar-refractivity contribution in [2.24, 2.45) is 0 Å². The molecule has 3 N–H and O–H groups in total. The van der Waals surface area contributed by atoms with E-state index in [1.54, 1.807) is 40.8 Å². The van der Waals surface area contributed by atoms with Crippen molar-refractivity contribution >= 4 is 41.2 Å². The number of carbonyl (C=O) groups is 4. The Hall–Kier alpha value is -5.10. The molecule has 0 unspecified atom stereocenters. The van der Waals surface area contributed by atoms with Gasteiger partial charge in [-0.15, -0.1) is 11.8 Å². The van der Waals surface area contributed by atoms with E-state index in [1.165, 1.54) is 5.56 Å². The van der Waals surface area contributed by atoms with Crippen LogP contribution in [0.5, 0.6) is 5.75 Å². The van der Waals surface area contributed by atoms with E-state index in [0.717, 1.165) is 44.3 Å². The molecule has 12 heteroatoms. The van der Waals surface area contributed by atoms with Gasteiger partial charge in [-0.3, -0.25) is 19.1 Å². The van der Waals surface area contributed by atoms with Gasteiger partial charge in [0.05, 0.1) is 25.0 Å². The van der Waals surface area contributed by atoms with Gasteiger partial charge < -0.3 is 25.2 Å². The van der Waals surface area contributed by atoms with Gasteiger partial charge in [0.2, 0.25) is 5.91 Å². The number of ether oxygens (including phenoxy) is 1. The number of aliphatic carboxylic acids is 2. The molecule has 0 bridgehead atoms. The largest absolute Gasteiger partial charge is 0.493 e. The van der Waals surface area contributed by atoms with Crippen molar-refractivity contribution in [2.75, 3.05) is 23.8 Å². The second-order valence-corrected chi connectivity index (χ2v) is 12.7. The highest BCUT2D eigenvalue weighted by Crippen LogP contribution is 2.42. The van der Waals surface area contributed by atoms with Gasteiger partial charge in [0.25, 0.3) is 5.91 Å². The van der Waals surface area contributed by atoms with Crippen molar-refractivity contribution in [3.8, 4) is 16.9 Å². The molecule has 1 aromatic heterocycles. The summed E-state index contributed by atoms with van der Waals surface area (Å²) in [5, 5.41) is 25.2. The van der Waals surface area contributed by atoms with Crippen molar-refractivity contribution in [1.29, 1.82) is 0 Å². The van der Waals surface area contributed by atoms with Gasteiger partial charge in [-0.25, -0.2) is 4.79 Å². The van der Waals surface area contributed by atoms with Crippen LogP contribution in [0.25, 0.3) is 11.1 Å². The van der Waals surface area contributed by atoms with Gasteiger partial charge in [-0.2, -0.15) is 5.10 Å². The lowest BCUT2D eigenvalue weighted by atomic mass is 10.1. The highest BCUT2D eigenvalue weighted by atomic mass is 32.2. The van der Waals surface area contributed by atoms with Crippen LogP contribution in [-0.2, 0) is 20.9 Å². The third-order valence-electron chi connectivity index (χ3n) is 8.22. The third kappa shape index (κ3) is 8.43. The predicted octanol–water partition coefficient (Wildman–Crippen LogP) is 5.56. The van der Waals surface area contributed by atoms with Crippen LogP contribution in [0.4, 0.5) is 5.69 Å². The van der Waals surface area contributed by atoms with Crippen molar-refractivity contribution in [1.82, 2.24) is 15.1 Å². The normalized spacial score (nSPS) is 13.0. The molecule has 48 heavy (non-hydrogen) atoms. The van der Waals surface area contributed by atoms with Crippen molar-refractivity contribution in [3.63, 3.8) is 0 Å². The summed E-state index contributed by atoms with van der Waals surface area (Å²) in [6.45, 7) is 5.55. The fourth-order valence-electron chi connectivity index (χ4n) is 5.51. The zero-order valence-electron chi connectivity index (χ0n) is 26.8. The summed E-state index contributed by atoms with van der Waals surface area (Å²) >= 11 is 1.72. The third-order valence-corrected chi connectivity index (χ3v) is 9.33. The molecule has 0 spiro atoms. The average molecular weight is 671 g/mol. The van der Waals surface area contributed by atoms with Gasteiger partial charge in [-0.1, -0.05) is 36.4 Å². The van der Waals surface area contributed by atoms with E-state index < -0.39 is 23.9 Å². The minimum Gasteiger partial charge on any atom is -0.493 e. The summed E-state index contributed by atoms with van der Waals surface area (Å²) in [6.07, 6.45) is 4.10. The second-order valence-electron chi connectivity index (χ2n) is 11.6. The van der Waals surface area contributed by atoms with E-state index in [2.05, 4.69) is 23.4 Å². The Morgan fingerprint density at radius 3 is 2.60 bits per heavy atom. The first-order chi connectivity index (χ1) is 23.1. The van der Waals surface area contributed by atoms with E-state index >= 15 is 0 Å². The van der Waals surface area contributed by atoms with Crippen LogP contribution in [0.2, 0.25) is 0 Å². The first-order valence-corrected chi connectivity index (χ1v) is 16.7. The molecule has 1 atom stereocenters. The van der Waals surface area contributed by atoms with Crippen LogP contribution >= 0.6 is 11.8 Å². The van der Waals surface area contributed by atoms with E-state index in [0.29, 0.717) is 32.5 Å². The number of hydrogen-bond donors (Lipinski definition) is 3. The van der Waals surface area contributed by atoms with Crippen LogP contribution in [0.3, 0.4) is 0 Å². The number of benzene rings is 3. The molecule has 5 rings (SSSR count). The number of nitrogens with zero attached hydrogens (tertiary/aromatic N) is 3. The lowest BCUT2D eigenvalue weighted by Gasteiger charge is -2.30. The Morgan fingerprint density at radius 2 is 1.81 bits per heavy atom. The topological polar surface area (TPSA) is 151 Å². The van der Waals surface area contributed by atoms with Crippen LogP contribution in [0.1, 0.15) is 52.7 Å². The number of amides is 2. The second kappa shape index (κ2) is 15.7. The fourth-order valence-corrected chi connectivity index (χ4v) is 6.66. The molecule has 0 aliphatic carbocycles. The summed E-state index contributed by atoms with van der Waals surface area (Å²) in [6, 6.07) is 17.4. The summed E-state index contributed by atoms with van der Waals surface area (Å²) in [5.74, 6) is -1.34. The number of carboxylic acid groups (broad SMARTS) is 2. The maximum absolute atomic E-state index is 13.3. The minimum absolute atomic E-state index is 0.0643. The molecular formula is C36H38N4O7S. The van der Waals surface area contributed by atoms with Gasteiger partial charge in [0, 0.05) is 52.9 Å². The molecule has 11 nitrogen and oxygen atoms in total. The first kappa shape index (κ1) is 34.2. The number of aryl methyl sites for hydroxylation is 1. The van der Waals surface area contributed by atoms with E-state index in [-0.39, 0.29) is 24.3 Å². The molecule has 0 fully saturated rings. The molecule has 0 saturated carbocycles. The zero-order valence-corrected chi connectivity index (χ0v) is 27.7. The zero-order chi connectivity index (χ0) is 34.2. The van der Waals surface area contributed by atoms with Crippen LogP contribution < -0.4 is 15.0 Å². The Balaban J connectivity index is 1.23. The van der Waals surface area contributed by atoms with E-state index in [9.17, 15) is 24.3 Å². The SMILES string of the molecule is Cc1cccc(OCCCC(=O)N2CCSc3c(-c4cnn(Cc5cccc(C(=O)N[C@@H](CCC(=O)O)C(=O)O)c5)c4)cccc32)c1C. The maximum atomic E-state index is 13.3. The molecule has 1 aliphatic heterocycles. The van der Waals surface area contributed by atoms with Gasteiger partial charge in [0.1, 0.15) is 11.8 Å². The number of rotatable bonds is 14. The highest BCUT2D eigenvalue weighted by molar-refractivity contribution is 7.99. The van der Waals surface area contributed by atoms with Crippen LogP contribution in [0, 0.1) is 13.8 Å². The summed E-state index contributed by atoms with van der Waals surface area (Å²) < 4.78 is 7.72. The smallest absolute Gasteiger partial charge is 0.326 e. The highest BCUT2D eigenvalue weighted by Gasteiger charge is 2.26. The maximum Gasteiger partial charge on any atom is 0.326 e. The molecule has 4 aromatic rings. The minimum atomic E-state index is -1.31. The fraction of sp³-hybridized carbons (Fsp3) is 0.306. The number of hydrogen-bond acceptors (Lipinski definition) is 7. The Morgan fingerprint density at radius 1 is 1.02 bits per heavy atom. The molecule has 250 valence electrons. The number of anilines is 1. The van der Waals surface area contributed by atoms with Gasteiger partial charge in [-0.05, 0) is 67.6 Å². The van der Waals surface area contributed by atoms with Crippen molar-refractivity contribution in [3.05, 3.63) is 95.3 Å². The number of thioether (sulfide) groups is 1. The quantitative estimate of drug-likeness (QED) is 0.147. The number of aromatic nitrogens is 2. The molecule has 2 amide bonds. The number of carbonyl (C=O) groups excluding carboxylic acids is 2. The lowest BCUT2D eigenvalue weighted by Crippen LogP contribution is -2.41. The van der Waals surface area contributed by atoms with Gasteiger partial charge >= 0.3 is 11.9 Å². The molecule has 0 radical (unpaired) electrons. The summed E-state index contributed by atoms with van der Waals surface area (Å²) in [5.41, 5.74) is 6.08. The summed E-state index contributed by atoms with van der Waals surface area (Å²) in [7, 11) is 0. The Bertz CT molecular complexity index is 1820. The monoisotopic (exact) mass is 670 g/mol. The number of fused-ring (bicyclic) bond motifs is 1. The molecule has 2 heterocycles.